The molecule has 0 amide bonds. The van der Waals surface area contributed by atoms with Gasteiger partial charge in [0.1, 0.15) is 6.10 Å². The highest BCUT2D eigenvalue weighted by Crippen LogP contribution is 2.25. The van der Waals surface area contributed by atoms with Crippen LogP contribution in [0.4, 0.5) is 0 Å². The summed E-state index contributed by atoms with van der Waals surface area (Å²) >= 11 is 12.1. The van der Waals surface area contributed by atoms with Crippen molar-refractivity contribution in [3.63, 3.8) is 0 Å². The third-order valence-corrected chi connectivity index (χ3v) is 3.40. The van der Waals surface area contributed by atoms with Crippen LogP contribution in [0.3, 0.4) is 0 Å². The summed E-state index contributed by atoms with van der Waals surface area (Å²) in [6.45, 7) is 4.45. The Morgan fingerprint density at radius 2 is 1.89 bits per heavy atom. The minimum absolute atomic E-state index is 0.0358. The molecule has 0 saturated carbocycles. The monoisotopic (exact) mass is 288 g/mol. The fourth-order valence-corrected chi connectivity index (χ4v) is 2.32. The zero-order valence-corrected chi connectivity index (χ0v) is 12.2. The van der Waals surface area contributed by atoms with Crippen LogP contribution in [0, 0.1) is 0 Å². The average Bonchev–Trinajstić information content (AvgIpc) is 2.33. The van der Waals surface area contributed by atoms with Gasteiger partial charge in [-0.15, -0.1) is 0 Å². The van der Waals surface area contributed by atoms with Crippen LogP contribution in [0.1, 0.15) is 32.3 Å². The molecule has 18 heavy (non-hydrogen) atoms. The molecule has 1 aromatic carbocycles. The molecule has 0 spiro atoms. The molecule has 1 rings (SSSR count). The Morgan fingerprint density at radius 3 is 2.39 bits per heavy atom. The van der Waals surface area contributed by atoms with Crippen LogP contribution in [0.2, 0.25) is 10.0 Å². The van der Waals surface area contributed by atoms with E-state index in [1.54, 1.807) is 18.2 Å². The number of hydrogen-bond donors (Lipinski definition) is 0. The molecule has 0 bridgehead atoms. The molecule has 1 aromatic rings. The van der Waals surface area contributed by atoms with E-state index in [0.29, 0.717) is 22.2 Å². The van der Waals surface area contributed by atoms with Crippen molar-refractivity contribution in [1.82, 2.24) is 0 Å². The molecule has 0 saturated heterocycles. The summed E-state index contributed by atoms with van der Waals surface area (Å²) in [6.07, 6.45) is 1.51. The van der Waals surface area contributed by atoms with E-state index in [9.17, 15) is 4.79 Å². The quantitative estimate of drug-likeness (QED) is 0.747. The lowest BCUT2D eigenvalue weighted by Crippen LogP contribution is -2.26. The van der Waals surface area contributed by atoms with E-state index in [0.717, 1.165) is 12.8 Å². The second-order valence-corrected chi connectivity index (χ2v) is 4.89. The van der Waals surface area contributed by atoms with Gasteiger partial charge in [-0.05, 0) is 31.0 Å². The van der Waals surface area contributed by atoms with Crippen LogP contribution in [0.15, 0.2) is 18.2 Å². The Labute approximate surface area is 118 Å². The van der Waals surface area contributed by atoms with Gasteiger partial charge < -0.3 is 4.74 Å². The van der Waals surface area contributed by atoms with Crippen molar-refractivity contribution in [2.45, 2.75) is 39.2 Å². The zero-order chi connectivity index (χ0) is 13.5. The lowest BCUT2D eigenvalue weighted by Gasteiger charge is -2.15. The molecule has 0 aliphatic rings. The standard InChI is InChI=1S/C14H18Cl2O2/c1-3-6-14(18-4-2)13(17)9-10-11(15)7-5-8-12(10)16/h5,7-8,14H,3-4,6,9H2,1-2H3. The van der Waals surface area contributed by atoms with E-state index in [1.165, 1.54) is 0 Å². The first-order chi connectivity index (χ1) is 8.60. The van der Waals surface area contributed by atoms with Crippen LogP contribution in [0.25, 0.3) is 0 Å². The van der Waals surface area contributed by atoms with Crippen LogP contribution >= 0.6 is 23.2 Å². The summed E-state index contributed by atoms with van der Waals surface area (Å²) in [5.41, 5.74) is 0.687. The van der Waals surface area contributed by atoms with E-state index >= 15 is 0 Å². The van der Waals surface area contributed by atoms with E-state index in [4.69, 9.17) is 27.9 Å². The molecule has 1 unspecified atom stereocenters. The molecule has 0 heterocycles. The lowest BCUT2D eigenvalue weighted by molar-refractivity contribution is -0.130. The van der Waals surface area contributed by atoms with Gasteiger partial charge in [-0.1, -0.05) is 42.6 Å². The molecule has 0 aromatic heterocycles. The second kappa shape index (κ2) is 7.78. The second-order valence-electron chi connectivity index (χ2n) is 4.08. The topological polar surface area (TPSA) is 26.3 Å². The number of carbonyl (C=O) groups excluding carboxylic acids is 1. The Bertz CT molecular complexity index is 379. The molecule has 0 aliphatic carbocycles. The smallest absolute Gasteiger partial charge is 0.166 e. The summed E-state index contributed by atoms with van der Waals surface area (Å²) in [4.78, 5) is 12.2. The van der Waals surface area contributed by atoms with Gasteiger partial charge in [-0.25, -0.2) is 0 Å². The first-order valence-corrected chi connectivity index (χ1v) is 6.92. The fraction of sp³-hybridized carbons (Fsp3) is 0.500. The molecular weight excluding hydrogens is 271 g/mol. The lowest BCUT2D eigenvalue weighted by atomic mass is 10.0. The van der Waals surface area contributed by atoms with Crippen molar-refractivity contribution < 1.29 is 9.53 Å². The number of Topliss-reactive ketones (excluding diaryl/α,β-unsaturated/α-hetero) is 1. The molecule has 0 aliphatic heterocycles. The largest absolute Gasteiger partial charge is 0.371 e. The van der Waals surface area contributed by atoms with E-state index < -0.39 is 0 Å². The Morgan fingerprint density at radius 1 is 1.28 bits per heavy atom. The van der Waals surface area contributed by atoms with Crippen molar-refractivity contribution in [1.29, 1.82) is 0 Å². The summed E-state index contributed by atoms with van der Waals surface area (Å²) in [5, 5.41) is 1.06. The molecule has 4 heteroatoms. The summed E-state index contributed by atoms with van der Waals surface area (Å²) < 4.78 is 5.46. The molecule has 0 N–H and O–H groups in total. The maximum Gasteiger partial charge on any atom is 0.166 e. The molecule has 0 radical (unpaired) electrons. The highest BCUT2D eigenvalue weighted by molar-refractivity contribution is 6.36. The van der Waals surface area contributed by atoms with Crippen molar-refractivity contribution >= 4 is 29.0 Å². The zero-order valence-electron chi connectivity index (χ0n) is 10.7. The third-order valence-electron chi connectivity index (χ3n) is 2.69. The van der Waals surface area contributed by atoms with Gasteiger partial charge in [0.25, 0.3) is 0 Å². The SMILES string of the molecule is CCCC(OCC)C(=O)Cc1c(Cl)cccc1Cl. The van der Waals surface area contributed by atoms with Crippen LogP contribution < -0.4 is 0 Å². The number of carbonyl (C=O) groups is 1. The van der Waals surface area contributed by atoms with Gasteiger partial charge in [0.2, 0.25) is 0 Å². The van der Waals surface area contributed by atoms with E-state index in [-0.39, 0.29) is 18.3 Å². The number of hydrogen-bond acceptors (Lipinski definition) is 2. The van der Waals surface area contributed by atoms with Crippen LogP contribution in [-0.4, -0.2) is 18.5 Å². The molecule has 100 valence electrons. The molecule has 2 nitrogen and oxygen atoms in total. The highest BCUT2D eigenvalue weighted by atomic mass is 35.5. The first kappa shape index (κ1) is 15.5. The molecule has 0 fully saturated rings. The Balaban J connectivity index is 2.79. The summed E-state index contributed by atoms with van der Waals surface area (Å²) in [5.74, 6) is 0.0358. The molecule has 1 atom stereocenters. The minimum Gasteiger partial charge on any atom is -0.371 e. The molecular formula is C14H18Cl2O2. The first-order valence-electron chi connectivity index (χ1n) is 6.17. The van der Waals surface area contributed by atoms with Crippen LogP contribution in [0.5, 0.6) is 0 Å². The van der Waals surface area contributed by atoms with Crippen molar-refractivity contribution in [3.05, 3.63) is 33.8 Å². The van der Waals surface area contributed by atoms with E-state index in [2.05, 4.69) is 0 Å². The summed E-state index contributed by atoms with van der Waals surface area (Å²) in [6, 6.07) is 5.25. The van der Waals surface area contributed by atoms with Crippen molar-refractivity contribution in [2.24, 2.45) is 0 Å². The number of ketones is 1. The number of halogens is 2. The predicted molar refractivity (Wildman–Crippen MR) is 75.5 cm³/mol. The predicted octanol–water partition coefficient (Wildman–Crippen LogP) is 4.31. The van der Waals surface area contributed by atoms with Gasteiger partial charge in [0, 0.05) is 23.1 Å². The summed E-state index contributed by atoms with van der Waals surface area (Å²) in [7, 11) is 0. The van der Waals surface area contributed by atoms with Crippen molar-refractivity contribution in [2.75, 3.05) is 6.61 Å². The minimum atomic E-state index is -0.354. The normalized spacial score (nSPS) is 12.4. The number of ether oxygens (including phenoxy) is 1. The number of rotatable bonds is 7. The number of benzene rings is 1. The third kappa shape index (κ3) is 4.27. The van der Waals surface area contributed by atoms with Gasteiger partial charge in [-0.3, -0.25) is 4.79 Å². The van der Waals surface area contributed by atoms with Crippen LogP contribution in [-0.2, 0) is 16.0 Å². The maximum atomic E-state index is 12.2. The van der Waals surface area contributed by atoms with Crippen molar-refractivity contribution in [3.8, 4) is 0 Å². The highest BCUT2D eigenvalue weighted by Gasteiger charge is 2.20. The average molecular weight is 289 g/mol. The van der Waals surface area contributed by atoms with E-state index in [1.807, 2.05) is 13.8 Å². The van der Waals surface area contributed by atoms with Gasteiger partial charge in [0.15, 0.2) is 5.78 Å². The van der Waals surface area contributed by atoms with Gasteiger partial charge in [-0.2, -0.15) is 0 Å². The van der Waals surface area contributed by atoms with Gasteiger partial charge in [0.05, 0.1) is 0 Å². The Kier molecular flexibility index (Phi) is 6.69. The van der Waals surface area contributed by atoms with Gasteiger partial charge >= 0.3 is 0 Å². The fourth-order valence-electron chi connectivity index (χ4n) is 1.79. The Hall–Kier alpha value is -0.570. The maximum absolute atomic E-state index is 12.2.